The van der Waals surface area contributed by atoms with Gasteiger partial charge in [0, 0.05) is 31.1 Å². The highest BCUT2D eigenvalue weighted by molar-refractivity contribution is 6.05. The van der Waals surface area contributed by atoms with Crippen molar-refractivity contribution >= 4 is 23.8 Å². The SMILES string of the molecule is O=C1CCC(N2Cc3ccc(CNC(=O)NC4CCCC4)cc3C2=O)C(=O)N1. The molecule has 148 valence electrons. The van der Waals surface area contributed by atoms with Gasteiger partial charge in [-0.05, 0) is 36.5 Å². The van der Waals surface area contributed by atoms with Gasteiger partial charge in [-0.15, -0.1) is 0 Å². The molecular weight excluding hydrogens is 360 g/mol. The molecule has 1 unspecified atom stereocenters. The summed E-state index contributed by atoms with van der Waals surface area (Å²) in [6, 6.07) is 4.98. The Hall–Kier alpha value is -2.90. The lowest BCUT2D eigenvalue weighted by Crippen LogP contribution is -2.52. The Morgan fingerprint density at radius 2 is 1.93 bits per heavy atom. The van der Waals surface area contributed by atoms with Crippen LogP contribution in [0.5, 0.6) is 0 Å². The standard InChI is InChI=1S/C20H24N4O4/c25-17-8-7-16(18(26)23-17)24-11-13-6-5-12(9-15(13)19(24)27)10-21-20(28)22-14-3-1-2-4-14/h5-6,9,14,16H,1-4,7-8,10-11H2,(H2,21,22,28)(H,23,25,26). The molecule has 5 amide bonds. The Bertz CT molecular complexity index is 831. The van der Waals surface area contributed by atoms with Gasteiger partial charge in [0.2, 0.25) is 11.8 Å². The molecule has 1 atom stereocenters. The summed E-state index contributed by atoms with van der Waals surface area (Å²) in [5.74, 6) is -0.917. The Balaban J connectivity index is 1.38. The third-order valence-corrected chi connectivity index (χ3v) is 5.74. The molecule has 0 bridgehead atoms. The van der Waals surface area contributed by atoms with Crippen LogP contribution in [0.4, 0.5) is 4.79 Å². The highest BCUT2D eigenvalue weighted by Crippen LogP contribution is 2.28. The molecule has 2 heterocycles. The van der Waals surface area contributed by atoms with Crippen molar-refractivity contribution in [2.24, 2.45) is 0 Å². The van der Waals surface area contributed by atoms with Crippen LogP contribution in [0.1, 0.15) is 60.0 Å². The molecule has 0 radical (unpaired) electrons. The summed E-state index contributed by atoms with van der Waals surface area (Å²) in [7, 11) is 0. The van der Waals surface area contributed by atoms with Crippen molar-refractivity contribution in [2.45, 2.75) is 63.7 Å². The number of nitrogens with one attached hydrogen (secondary N) is 3. The third kappa shape index (κ3) is 3.72. The normalized spacial score (nSPS) is 22.2. The van der Waals surface area contributed by atoms with Crippen LogP contribution in [0.2, 0.25) is 0 Å². The molecule has 2 fully saturated rings. The second-order valence-electron chi connectivity index (χ2n) is 7.70. The zero-order chi connectivity index (χ0) is 19.7. The van der Waals surface area contributed by atoms with Crippen LogP contribution in [0.25, 0.3) is 0 Å². The van der Waals surface area contributed by atoms with Gasteiger partial charge in [0.25, 0.3) is 5.91 Å². The van der Waals surface area contributed by atoms with Crippen LogP contribution in [0, 0.1) is 0 Å². The molecule has 8 nitrogen and oxygen atoms in total. The monoisotopic (exact) mass is 384 g/mol. The molecule has 28 heavy (non-hydrogen) atoms. The predicted octanol–water partition coefficient (Wildman–Crippen LogP) is 1.19. The fourth-order valence-corrected chi connectivity index (χ4v) is 4.20. The van der Waals surface area contributed by atoms with E-state index in [-0.39, 0.29) is 30.3 Å². The lowest BCUT2D eigenvalue weighted by Gasteiger charge is -2.29. The minimum Gasteiger partial charge on any atom is -0.335 e. The van der Waals surface area contributed by atoms with Gasteiger partial charge in [-0.25, -0.2) is 4.79 Å². The van der Waals surface area contributed by atoms with E-state index >= 15 is 0 Å². The van der Waals surface area contributed by atoms with Gasteiger partial charge < -0.3 is 15.5 Å². The number of fused-ring (bicyclic) bond motifs is 1. The molecule has 2 aliphatic heterocycles. The van der Waals surface area contributed by atoms with Crippen molar-refractivity contribution in [3.05, 3.63) is 34.9 Å². The smallest absolute Gasteiger partial charge is 0.315 e. The fourth-order valence-electron chi connectivity index (χ4n) is 4.20. The molecular formula is C20H24N4O4. The lowest BCUT2D eigenvalue weighted by molar-refractivity contribution is -0.136. The number of hydrogen-bond acceptors (Lipinski definition) is 4. The molecule has 3 N–H and O–H groups in total. The Labute approximate surface area is 163 Å². The maximum Gasteiger partial charge on any atom is 0.315 e. The number of hydrogen-bond donors (Lipinski definition) is 3. The zero-order valence-corrected chi connectivity index (χ0v) is 15.6. The van der Waals surface area contributed by atoms with E-state index in [0.717, 1.165) is 36.8 Å². The molecule has 1 saturated heterocycles. The topological polar surface area (TPSA) is 108 Å². The minimum absolute atomic E-state index is 0.191. The number of carbonyl (C=O) groups is 4. The number of imide groups is 1. The third-order valence-electron chi connectivity index (χ3n) is 5.74. The average molecular weight is 384 g/mol. The average Bonchev–Trinajstić information content (AvgIpc) is 3.28. The number of rotatable bonds is 4. The van der Waals surface area contributed by atoms with Gasteiger partial charge in [0.15, 0.2) is 0 Å². The van der Waals surface area contributed by atoms with Crippen LogP contribution < -0.4 is 16.0 Å². The quantitative estimate of drug-likeness (QED) is 0.678. The summed E-state index contributed by atoms with van der Waals surface area (Å²) < 4.78 is 0. The maximum atomic E-state index is 12.8. The van der Waals surface area contributed by atoms with Crippen molar-refractivity contribution in [3.63, 3.8) is 0 Å². The van der Waals surface area contributed by atoms with Gasteiger partial charge in [-0.3, -0.25) is 19.7 Å². The largest absolute Gasteiger partial charge is 0.335 e. The van der Waals surface area contributed by atoms with E-state index in [1.165, 1.54) is 4.90 Å². The van der Waals surface area contributed by atoms with Crippen molar-refractivity contribution in [2.75, 3.05) is 0 Å². The first kappa shape index (κ1) is 18.5. The first-order valence-electron chi connectivity index (χ1n) is 9.82. The van der Waals surface area contributed by atoms with Crippen LogP contribution in [0.15, 0.2) is 18.2 Å². The summed E-state index contributed by atoms with van der Waals surface area (Å²) in [6.07, 6.45) is 4.94. The second-order valence-corrected chi connectivity index (χ2v) is 7.70. The predicted molar refractivity (Wildman–Crippen MR) is 100 cm³/mol. The van der Waals surface area contributed by atoms with E-state index in [1.54, 1.807) is 6.07 Å². The van der Waals surface area contributed by atoms with Crippen LogP contribution in [0.3, 0.4) is 0 Å². The number of piperidine rings is 1. The van der Waals surface area contributed by atoms with Crippen LogP contribution in [-0.2, 0) is 22.7 Å². The number of carbonyl (C=O) groups excluding carboxylic acids is 4. The van der Waals surface area contributed by atoms with Crippen LogP contribution >= 0.6 is 0 Å². The van der Waals surface area contributed by atoms with Gasteiger partial charge in [-0.2, -0.15) is 0 Å². The van der Waals surface area contributed by atoms with E-state index in [0.29, 0.717) is 25.1 Å². The summed E-state index contributed by atoms with van der Waals surface area (Å²) in [4.78, 5) is 49.8. The molecule has 1 saturated carbocycles. The number of benzene rings is 1. The van der Waals surface area contributed by atoms with Gasteiger partial charge in [-0.1, -0.05) is 25.0 Å². The van der Waals surface area contributed by atoms with E-state index in [4.69, 9.17) is 0 Å². The first-order chi connectivity index (χ1) is 13.5. The zero-order valence-electron chi connectivity index (χ0n) is 15.6. The van der Waals surface area contributed by atoms with E-state index in [2.05, 4.69) is 16.0 Å². The Kier molecular flexibility index (Phi) is 5.02. The summed E-state index contributed by atoms with van der Waals surface area (Å²) in [5.41, 5.74) is 2.24. The van der Waals surface area contributed by atoms with Gasteiger partial charge in [0.05, 0.1) is 0 Å². The van der Waals surface area contributed by atoms with Crippen LogP contribution in [-0.4, -0.2) is 40.7 Å². The highest BCUT2D eigenvalue weighted by Gasteiger charge is 2.39. The number of urea groups is 1. The van der Waals surface area contributed by atoms with Gasteiger partial charge >= 0.3 is 6.03 Å². The van der Waals surface area contributed by atoms with Gasteiger partial charge in [0.1, 0.15) is 6.04 Å². The minimum atomic E-state index is -0.614. The Morgan fingerprint density at radius 1 is 1.14 bits per heavy atom. The lowest BCUT2D eigenvalue weighted by atomic mass is 10.0. The molecule has 1 aromatic rings. The van der Waals surface area contributed by atoms with E-state index in [1.807, 2.05) is 12.1 Å². The number of amides is 5. The summed E-state index contributed by atoms with van der Waals surface area (Å²) in [6.45, 7) is 0.688. The molecule has 3 aliphatic rings. The maximum absolute atomic E-state index is 12.8. The summed E-state index contributed by atoms with van der Waals surface area (Å²) in [5, 5.41) is 8.11. The van der Waals surface area contributed by atoms with Crippen molar-refractivity contribution in [1.29, 1.82) is 0 Å². The molecule has 1 aromatic carbocycles. The molecule has 4 rings (SSSR count). The van der Waals surface area contributed by atoms with E-state index in [9.17, 15) is 19.2 Å². The van der Waals surface area contributed by atoms with Crippen molar-refractivity contribution < 1.29 is 19.2 Å². The summed E-state index contributed by atoms with van der Waals surface area (Å²) >= 11 is 0. The second kappa shape index (κ2) is 7.61. The number of nitrogens with zero attached hydrogens (tertiary/aromatic N) is 1. The molecule has 0 spiro atoms. The van der Waals surface area contributed by atoms with E-state index < -0.39 is 11.9 Å². The molecule has 8 heteroatoms. The molecule has 0 aromatic heterocycles. The van der Waals surface area contributed by atoms with Crippen molar-refractivity contribution in [1.82, 2.24) is 20.9 Å². The molecule has 1 aliphatic carbocycles. The van der Waals surface area contributed by atoms with Crippen molar-refractivity contribution in [3.8, 4) is 0 Å². The highest BCUT2D eigenvalue weighted by atomic mass is 16.2. The Morgan fingerprint density at radius 3 is 2.68 bits per heavy atom. The first-order valence-corrected chi connectivity index (χ1v) is 9.82. The fraction of sp³-hybridized carbons (Fsp3) is 0.500.